The summed E-state index contributed by atoms with van der Waals surface area (Å²) in [5, 5.41) is 3.05. The van der Waals surface area contributed by atoms with Gasteiger partial charge in [0.05, 0.1) is 19.3 Å². The zero-order chi connectivity index (χ0) is 18.9. The second kappa shape index (κ2) is 10.1. The van der Waals surface area contributed by atoms with Crippen LogP contribution in [0.15, 0.2) is 53.4 Å². The third kappa shape index (κ3) is 6.30. The fourth-order valence-electron chi connectivity index (χ4n) is 2.48. The van der Waals surface area contributed by atoms with Gasteiger partial charge in [-0.1, -0.05) is 24.3 Å². The van der Waals surface area contributed by atoms with Crippen molar-refractivity contribution in [1.82, 2.24) is 5.32 Å². The van der Waals surface area contributed by atoms with Gasteiger partial charge >= 0.3 is 0 Å². The Hall–Kier alpha value is -2.14. The van der Waals surface area contributed by atoms with Gasteiger partial charge < -0.3 is 14.8 Å². The maximum Gasteiger partial charge on any atom is 0.221 e. The average Bonchev–Trinajstić information content (AvgIpc) is 2.62. The summed E-state index contributed by atoms with van der Waals surface area (Å²) >= 11 is 1.69. The van der Waals surface area contributed by atoms with Crippen molar-refractivity contribution in [2.75, 3.05) is 12.9 Å². The van der Waals surface area contributed by atoms with E-state index in [0.717, 1.165) is 11.3 Å². The molecule has 0 fully saturated rings. The predicted octanol–water partition coefficient (Wildman–Crippen LogP) is 4.84. The molecule has 0 saturated carbocycles. The van der Waals surface area contributed by atoms with Gasteiger partial charge in [-0.05, 0) is 50.6 Å². The SMILES string of the molecule is COc1cc(C(C)NC(=O)CCSc2ccccc2)ccc1OC(C)C. The van der Waals surface area contributed by atoms with Crippen LogP contribution in [0.3, 0.4) is 0 Å². The minimum atomic E-state index is -0.0915. The first-order valence-electron chi connectivity index (χ1n) is 8.81. The first-order valence-corrected chi connectivity index (χ1v) is 9.80. The molecule has 0 radical (unpaired) electrons. The van der Waals surface area contributed by atoms with E-state index in [2.05, 4.69) is 17.4 Å². The zero-order valence-corrected chi connectivity index (χ0v) is 16.6. The van der Waals surface area contributed by atoms with Gasteiger partial charge in [-0.2, -0.15) is 0 Å². The monoisotopic (exact) mass is 373 g/mol. The lowest BCUT2D eigenvalue weighted by Gasteiger charge is -2.18. The molecule has 1 unspecified atom stereocenters. The first kappa shape index (κ1) is 20.2. The lowest BCUT2D eigenvalue weighted by atomic mass is 10.1. The molecule has 0 aliphatic carbocycles. The van der Waals surface area contributed by atoms with Gasteiger partial charge in [-0.3, -0.25) is 4.79 Å². The Morgan fingerprint density at radius 3 is 2.46 bits per heavy atom. The van der Waals surface area contributed by atoms with E-state index in [4.69, 9.17) is 9.47 Å². The number of nitrogens with one attached hydrogen (secondary N) is 1. The Morgan fingerprint density at radius 2 is 1.81 bits per heavy atom. The Kier molecular flexibility index (Phi) is 7.85. The van der Waals surface area contributed by atoms with E-state index in [0.29, 0.717) is 17.9 Å². The lowest BCUT2D eigenvalue weighted by molar-refractivity contribution is -0.121. The van der Waals surface area contributed by atoms with Crippen LogP contribution in [0.5, 0.6) is 11.5 Å². The quantitative estimate of drug-likeness (QED) is 0.639. The summed E-state index contributed by atoms with van der Waals surface area (Å²) in [6, 6.07) is 15.8. The lowest BCUT2D eigenvalue weighted by Crippen LogP contribution is -2.26. The third-order valence-corrected chi connectivity index (χ3v) is 4.78. The average molecular weight is 374 g/mol. The maximum atomic E-state index is 12.2. The van der Waals surface area contributed by atoms with Crippen molar-refractivity contribution in [2.24, 2.45) is 0 Å². The highest BCUT2D eigenvalue weighted by atomic mass is 32.2. The topological polar surface area (TPSA) is 47.6 Å². The summed E-state index contributed by atoms with van der Waals surface area (Å²) in [7, 11) is 1.62. The van der Waals surface area contributed by atoms with Gasteiger partial charge in [-0.15, -0.1) is 11.8 Å². The summed E-state index contributed by atoms with van der Waals surface area (Å²) in [6.07, 6.45) is 0.559. The molecule has 2 aromatic carbocycles. The van der Waals surface area contributed by atoms with Crippen LogP contribution in [0.25, 0.3) is 0 Å². The number of benzene rings is 2. The Labute approximate surface area is 160 Å². The number of thioether (sulfide) groups is 1. The van der Waals surface area contributed by atoms with Gasteiger partial charge in [0.2, 0.25) is 5.91 Å². The van der Waals surface area contributed by atoms with Crippen LogP contribution < -0.4 is 14.8 Å². The Morgan fingerprint density at radius 1 is 1.08 bits per heavy atom. The van der Waals surface area contributed by atoms with Crippen molar-refractivity contribution in [1.29, 1.82) is 0 Å². The first-order chi connectivity index (χ1) is 12.5. The molecule has 5 heteroatoms. The van der Waals surface area contributed by atoms with Crippen molar-refractivity contribution in [2.45, 2.75) is 44.2 Å². The molecule has 0 aliphatic rings. The fourth-order valence-corrected chi connectivity index (χ4v) is 3.35. The summed E-state index contributed by atoms with van der Waals surface area (Å²) in [5.74, 6) is 2.19. The van der Waals surface area contributed by atoms with Crippen LogP contribution >= 0.6 is 11.8 Å². The van der Waals surface area contributed by atoms with E-state index >= 15 is 0 Å². The van der Waals surface area contributed by atoms with E-state index in [9.17, 15) is 4.79 Å². The second-order valence-corrected chi connectivity index (χ2v) is 7.45. The summed E-state index contributed by atoms with van der Waals surface area (Å²) in [5.41, 5.74) is 0.988. The normalized spacial score (nSPS) is 11.9. The molecule has 2 aromatic rings. The summed E-state index contributed by atoms with van der Waals surface area (Å²) in [4.78, 5) is 13.4. The van der Waals surface area contributed by atoms with E-state index < -0.39 is 0 Å². The number of hydrogen-bond acceptors (Lipinski definition) is 4. The molecule has 1 N–H and O–H groups in total. The summed E-state index contributed by atoms with van der Waals surface area (Å²) in [6.45, 7) is 5.92. The zero-order valence-electron chi connectivity index (χ0n) is 15.8. The fraction of sp³-hybridized carbons (Fsp3) is 0.381. The Balaban J connectivity index is 1.87. The van der Waals surface area contributed by atoms with E-state index in [1.165, 1.54) is 4.90 Å². The van der Waals surface area contributed by atoms with E-state index in [1.807, 2.05) is 57.2 Å². The molecule has 0 aliphatic heterocycles. The van der Waals surface area contributed by atoms with Crippen molar-refractivity contribution in [3.63, 3.8) is 0 Å². The van der Waals surface area contributed by atoms with Crippen molar-refractivity contribution in [3.05, 3.63) is 54.1 Å². The molecule has 0 spiro atoms. The Bertz CT molecular complexity index is 704. The summed E-state index contributed by atoms with van der Waals surface area (Å²) < 4.78 is 11.1. The molecule has 4 nitrogen and oxygen atoms in total. The minimum absolute atomic E-state index is 0.0439. The third-order valence-electron chi connectivity index (χ3n) is 3.77. The largest absolute Gasteiger partial charge is 0.493 e. The predicted molar refractivity (Wildman–Crippen MR) is 107 cm³/mol. The van der Waals surface area contributed by atoms with E-state index in [1.54, 1.807) is 18.9 Å². The number of rotatable bonds is 9. The highest BCUT2D eigenvalue weighted by molar-refractivity contribution is 7.99. The van der Waals surface area contributed by atoms with Crippen LogP contribution in [0.4, 0.5) is 0 Å². The van der Waals surface area contributed by atoms with Gasteiger partial charge in [0, 0.05) is 17.1 Å². The molecule has 1 atom stereocenters. The number of carbonyl (C=O) groups is 1. The molecule has 140 valence electrons. The molecule has 0 saturated heterocycles. The van der Waals surface area contributed by atoms with Gasteiger partial charge in [0.25, 0.3) is 0 Å². The van der Waals surface area contributed by atoms with Crippen molar-refractivity contribution >= 4 is 17.7 Å². The van der Waals surface area contributed by atoms with Gasteiger partial charge in [-0.25, -0.2) is 0 Å². The maximum absolute atomic E-state index is 12.2. The second-order valence-electron chi connectivity index (χ2n) is 6.28. The number of amides is 1. The number of ether oxygens (including phenoxy) is 2. The van der Waals surface area contributed by atoms with Gasteiger partial charge in [0.1, 0.15) is 0 Å². The highest BCUT2D eigenvalue weighted by Gasteiger charge is 2.13. The van der Waals surface area contributed by atoms with Crippen LogP contribution in [0.2, 0.25) is 0 Å². The van der Waals surface area contributed by atoms with E-state index in [-0.39, 0.29) is 18.1 Å². The molecular weight excluding hydrogens is 346 g/mol. The molecule has 0 aromatic heterocycles. The standard InChI is InChI=1S/C21H27NO3S/c1-15(2)25-19-11-10-17(14-20(19)24-4)16(3)22-21(23)12-13-26-18-8-6-5-7-9-18/h5-11,14-16H,12-13H2,1-4H3,(H,22,23). The van der Waals surface area contributed by atoms with Crippen LogP contribution in [-0.2, 0) is 4.79 Å². The molecule has 1 amide bonds. The van der Waals surface area contributed by atoms with Gasteiger partial charge in [0.15, 0.2) is 11.5 Å². The van der Waals surface area contributed by atoms with Crippen LogP contribution in [-0.4, -0.2) is 24.9 Å². The molecule has 0 heterocycles. The number of hydrogen-bond donors (Lipinski definition) is 1. The number of carbonyl (C=O) groups excluding carboxylic acids is 1. The van der Waals surface area contributed by atoms with Crippen LogP contribution in [0, 0.1) is 0 Å². The number of methoxy groups -OCH3 is 1. The molecule has 0 bridgehead atoms. The van der Waals surface area contributed by atoms with Crippen LogP contribution in [0.1, 0.15) is 38.8 Å². The molecule has 26 heavy (non-hydrogen) atoms. The molecule has 2 rings (SSSR count). The molecular formula is C21H27NO3S. The highest BCUT2D eigenvalue weighted by Crippen LogP contribution is 2.31. The minimum Gasteiger partial charge on any atom is -0.493 e. The van der Waals surface area contributed by atoms with Crippen molar-refractivity contribution < 1.29 is 14.3 Å². The smallest absolute Gasteiger partial charge is 0.221 e. The van der Waals surface area contributed by atoms with Crippen molar-refractivity contribution in [3.8, 4) is 11.5 Å².